The lowest BCUT2D eigenvalue weighted by atomic mass is 10.1. The fraction of sp³-hybridized carbons (Fsp3) is 0. The number of hydrogen-bond donors (Lipinski definition) is 3. The van der Waals surface area contributed by atoms with E-state index in [0.29, 0.717) is 16.9 Å². The second-order valence-electron chi connectivity index (χ2n) is 9.02. The maximum absolute atomic E-state index is 13.7. The fourth-order valence-corrected chi connectivity index (χ4v) is 5.45. The molecular weight excluding hydrogens is 511 g/mol. The summed E-state index contributed by atoms with van der Waals surface area (Å²) >= 11 is 1.13. The first-order valence-electron chi connectivity index (χ1n) is 12.2. The summed E-state index contributed by atoms with van der Waals surface area (Å²) in [4.78, 5) is 25.8. The van der Waals surface area contributed by atoms with Gasteiger partial charge in [-0.3, -0.25) is 19.9 Å². The summed E-state index contributed by atoms with van der Waals surface area (Å²) in [6.07, 6.45) is 5.05. The summed E-state index contributed by atoms with van der Waals surface area (Å²) in [6, 6.07) is 24.1. The first-order chi connectivity index (χ1) is 19.1. The van der Waals surface area contributed by atoms with E-state index >= 15 is 0 Å². The molecule has 5 heterocycles. The molecule has 2 aromatic carbocycles. The maximum atomic E-state index is 13.7. The van der Waals surface area contributed by atoms with E-state index < -0.39 is 0 Å². The van der Waals surface area contributed by atoms with E-state index in [2.05, 4.69) is 30.5 Å². The molecule has 0 aliphatic carbocycles. The normalized spacial score (nSPS) is 11.3. The van der Waals surface area contributed by atoms with Gasteiger partial charge in [0.05, 0.1) is 35.0 Å². The Labute approximate surface area is 225 Å². The molecule has 0 spiro atoms. The van der Waals surface area contributed by atoms with Gasteiger partial charge in [0.2, 0.25) is 0 Å². The number of carbonyl (C=O) groups is 1. The molecule has 3 N–H and O–H groups in total. The van der Waals surface area contributed by atoms with Gasteiger partial charge in [-0.15, -0.1) is 11.3 Å². The number of aromatic nitrogens is 5. The predicted molar refractivity (Wildman–Crippen MR) is 152 cm³/mol. The lowest BCUT2D eigenvalue weighted by Gasteiger charge is -2.07. The zero-order valence-corrected chi connectivity index (χ0v) is 21.1. The van der Waals surface area contributed by atoms with Gasteiger partial charge >= 0.3 is 0 Å². The van der Waals surface area contributed by atoms with Crippen molar-refractivity contribution in [2.75, 3.05) is 5.32 Å². The number of carbonyl (C=O) groups excluding carboxylic acids is 1. The second-order valence-corrected chi connectivity index (χ2v) is 10.1. The van der Waals surface area contributed by atoms with Gasteiger partial charge in [-0.1, -0.05) is 30.3 Å². The van der Waals surface area contributed by atoms with Crippen LogP contribution in [0.2, 0.25) is 0 Å². The second kappa shape index (κ2) is 9.30. The molecule has 0 saturated heterocycles. The number of rotatable bonds is 5. The van der Waals surface area contributed by atoms with Crippen molar-refractivity contribution in [3.8, 4) is 33.1 Å². The van der Waals surface area contributed by atoms with Crippen molar-refractivity contribution < 1.29 is 9.18 Å². The van der Waals surface area contributed by atoms with Crippen molar-refractivity contribution in [1.29, 1.82) is 0 Å². The molecule has 0 saturated carbocycles. The monoisotopic (exact) mass is 530 g/mol. The van der Waals surface area contributed by atoms with Crippen molar-refractivity contribution in [3.05, 3.63) is 108 Å². The van der Waals surface area contributed by atoms with E-state index in [1.54, 1.807) is 36.8 Å². The first kappa shape index (κ1) is 23.0. The summed E-state index contributed by atoms with van der Waals surface area (Å²) in [7, 11) is 0. The Kier molecular flexibility index (Phi) is 5.49. The van der Waals surface area contributed by atoms with Gasteiger partial charge in [0.15, 0.2) is 5.13 Å². The maximum Gasteiger partial charge on any atom is 0.255 e. The summed E-state index contributed by atoms with van der Waals surface area (Å²) in [6.45, 7) is 0. The predicted octanol–water partition coefficient (Wildman–Crippen LogP) is 7.29. The van der Waals surface area contributed by atoms with Crippen molar-refractivity contribution >= 4 is 44.7 Å². The number of H-pyrrole nitrogens is 2. The molecule has 7 aromatic rings. The van der Waals surface area contributed by atoms with Gasteiger partial charge in [-0.05, 0) is 48.5 Å². The number of nitrogens with zero attached hydrogens (tertiary/aromatic N) is 3. The number of fused-ring (bicyclic) bond motifs is 2. The van der Waals surface area contributed by atoms with Gasteiger partial charge in [-0.2, -0.15) is 9.49 Å². The van der Waals surface area contributed by atoms with Crippen LogP contribution in [0.25, 0.3) is 54.9 Å². The molecule has 7 nitrogen and oxygen atoms in total. The number of amides is 1. The molecule has 0 unspecified atom stereocenters. The Bertz CT molecular complexity index is 1990. The molecule has 0 bridgehead atoms. The van der Waals surface area contributed by atoms with Crippen LogP contribution in [-0.2, 0) is 0 Å². The number of anilines is 1. The number of hydrogen-bond acceptors (Lipinski definition) is 5. The molecular formula is C30H19FN6OS. The Morgan fingerprint density at radius 2 is 1.77 bits per heavy atom. The third-order valence-corrected chi connectivity index (χ3v) is 7.44. The minimum absolute atomic E-state index is 0.210. The van der Waals surface area contributed by atoms with E-state index in [9.17, 15) is 9.18 Å². The van der Waals surface area contributed by atoms with Crippen LogP contribution < -0.4 is 5.32 Å². The van der Waals surface area contributed by atoms with E-state index in [4.69, 9.17) is 0 Å². The van der Waals surface area contributed by atoms with Crippen LogP contribution in [0.5, 0.6) is 0 Å². The first-order valence-corrected chi connectivity index (χ1v) is 13.0. The quantitative estimate of drug-likeness (QED) is 0.218. The van der Waals surface area contributed by atoms with Gasteiger partial charge in [0.25, 0.3) is 5.91 Å². The molecule has 0 radical (unpaired) electrons. The molecule has 5 aromatic heterocycles. The van der Waals surface area contributed by atoms with Crippen molar-refractivity contribution in [2.45, 2.75) is 0 Å². The molecule has 188 valence electrons. The van der Waals surface area contributed by atoms with Crippen LogP contribution >= 0.6 is 11.3 Å². The van der Waals surface area contributed by atoms with Crippen LogP contribution in [0, 0.1) is 5.13 Å². The molecule has 0 atom stereocenters. The fourth-order valence-electron chi connectivity index (χ4n) is 4.68. The molecule has 0 fully saturated rings. The molecule has 1 amide bonds. The Morgan fingerprint density at radius 1 is 0.872 bits per heavy atom. The van der Waals surface area contributed by atoms with E-state index in [1.807, 2.05) is 54.6 Å². The minimum atomic E-state index is -0.214. The topological polar surface area (TPSA) is 99.4 Å². The van der Waals surface area contributed by atoms with Crippen LogP contribution in [0.4, 0.5) is 10.1 Å². The summed E-state index contributed by atoms with van der Waals surface area (Å²) in [5, 5.41) is 12.2. The molecule has 0 aliphatic heterocycles. The average molecular weight is 531 g/mol. The molecule has 7 rings (SSSR count). The highest BCUT2D eigenvalue weighted by molar-refractivity contribution is 7.14. The number of pyridine rings is 2. The van der Waals surface area contributed by atoms with Crippen LogP contribution in [0.1, 0.15) is 10.4 Å². The van der Waals surface area contributed by atoms with Crippen molar-refractivity contribution in [2.24, 2.45) is 0 Å². The lowest BCUT2D eigenvalue weighted by molar-refractivity contribution is 0.102. The highest BCUT2D eigenvalue weighted by Crippen LogP contribution is 2.37. The van der Waals surface area contributed by atoms with Crippen LogP contribution in [0.3, 0.4) is 0 Å². The van der Waals surface area contributed by atoms with Gasteiger partial charge in [-0.25, -0.2) is 0 Å². The number of thiophene rings is 1. The Balaban J connectivity index is 1.25. The highest BCUT2D eigenvalue weighted by Gasteiger charge is 2.16. The van der Waals surface area contributed by atoms with Crippen LogP contribution in [-0.4, -0.2) is 31.1 Å². The van der Waals surface area contributed by atoms with E-state index in [-0.39, 0.29) is 11.0 Å². The molecule has 9 heteroatoms. The van der Waals surface area contributed by atoms with E-state index in [1.165, 1.54) is 6.07 Å². The largest absolute Gasteiger partial charge is 0.353 e. The Hall–Kier alpha value is -5.15. The van der Waals surface area contributed by atoms with Crippen molar-refractivity contribution in [1.82, 2.24) is 25.1 Å². The molecule has 0 aliphatic rings. The third kappa shape index (κ3) is 4.24. The number of halogens is 1. The minimum Gasteiger partial charge on any atom is -0.353 e. The highest BCUT2D eigenvalue weighted by atomic mass is 32.1. The lowest BCUT2D eigenvalue weighted by Crippen LogP contribution is -2.11. The van der Waals surface area contributed by atoms with E-state index in [0.717, 1.165) is 60.5 Å². The number of aromatic amines is 2. The van der Waals surface area contributed by atoms with Crippen LogP contribution in [0.15, 0.2) is 97.5 Å². The van der Waals surface area contributed by atoms with Gasteiger partial charge < -0.3 is 10.3 Å². The summed E-state index contributed by atoms with van der Waals surface area (Å²) < 4.78 is 13.7. The molecule has 39 heavy (non-hydrogen) atoms. The SMILES string of the molecule is O=C(Nc1cncc(-c2cc3c(-c4cc5c(-c6ccc(F)s6)cccc5[nH]4)n[nH]c3cn2)c1)c1ccccc1. The standard InChI is InChI=1S/C30H19FN6OS/c31-28-10-9-27(39-28)20-7-4-8-23-21(20)12-25(35-23)29-22-13-24(33-16-26(22)36-37-29)18-11-19(15-32-14-18)34-30(38)17-5-2-1-3-6-17/h1-16,35H,(H,34,38)(H,36,37). The average Bonchev–Trinajstić information content (AvgIpc) is 3.71. The van der Waals surface area contributed by atoms with Gasteiger partial charge in [0, 0.05) is 44.1 Å². The number of benzene rings is 2. The van der Waals surface area contributed by atoms with Crippen molar-refractivity contribution in [3.63, 3.8) is 0 Å². The van der Waals surface area contributed by atoms with Gasteiger partial charge in [0.1, 0.15) is 5.69 Å². The number of nitrogens with one attached hydrogen (secondary N) is 3. The Morgan fingerprint density at radius 3 is 2.62 bits per heavy atom. The zero-order valence-electron chi connectivity index (χ0n) is 20.3. The summed E-state index contributed by atoms with van der Waals surface area (Å²) in [5.41, 5.74) is 6.86. The summed E-state index contributed by atoms with van der Waals surface area (Å²) in [5.74, 6) is -0.210. The zero-order chi connectivity index (χ0) is 26.3. The third-order valence-electron chi connectivity index (χ3n) is 6.53. The smallest absolute Gasteiger partial charge is 0.255 e.